The van der Waals surface area contributed by atoms with E-state index in [2.05, 4.69) is 27.0 Å². The summed E-state index contributed by atoms with van der Waals surface area (Å²) in [4.78, 5) is 15.9. The molecule has 0 bridgehead atoms. The molecule has 0 saturated heterocycles. The Morgan fingerprint density at radius 3 is 2.54 bits per heavy atom. The molecular formula is C17H29IN4O2. The van der Waals surface area contributed by atoms with Crippen LogP contribution in [0, 0.1) is 0 Å². The fourth-order valence-corrected chi connectivity index (χ4v) is 2.00. The Balaban J connectivity index is 0.00000529. The Morgan fingerprint density at radius 1 is 1.25 bits per heavy atom. The summed E-state index contributed by atoms with van der Waals surface area (Å²) in [5.74, 6) is 1.40. The molecule has 0 radical (unpaired) electrons. The zero-order chi connectivity index (χ0) is 17.3. The van der Waals surface area contributed by atoms with Crippen molar-refractivity contribution in [2.24, 2.45) is 4.99 Å². The van der Waals surface area contributed by atoms with Gasteiger partial charge in [0.1, 0.15) is 5.75 Å². The average Bonchev–Trinajstić information content (AvgIpc) is 2.49. The van der Waals surface area contributed by atoms with Crippen LogP contribution in [0.5, 0.6) is 5.75 Å². The van der Waals surface area contributed by atoms with Gasteiger partial charge in [-0.25, -0.2) is 0 Å². The largest absolute Gasteiger partial charge is 0.497 e. The molecule has 0 aliphatic carbocycles. The summed E-state index contributed by atoms with van der Waals surface area (Å²) in [5.41, 5.74) is 0.944. The van der Waals surface area contributed by atoms with Crippen LogP contribution in [0.4, 0.5) is 0 Å². The van der Waals surface area contributed by atoms with E-state index in [4.69, 9.17) is 4.74 Å². The maximum absolute atomic E-state index is 11.8. The standard InChI is InChI=1S/C17H28N4O2.HI/c1-17(2,3)21-15(22)12-20-16(18-4)19-10-9-13-7-6-8-14(11-13)23-5;/h6-8,11H,9-10,12H2,1-5H3,(H,21,22)(H2,18,19,20);1H. The van der Waals surface area contributed by atoms with E-state index < -0.39 is 0 Å². The summed E-state index contributed by atoms with van der Waals surface area (Å²) in [7, 11) is 3.34. The highest BCUT2D eigenvalue weighted by molar-refractivity contribution is 14.0. The van der Waals surface area contributed by atoms with Gasteiger partial charge in [-0.2, -0.15) is 0 Å². The van der Waals surface area contributed by atoms with Gasteiger partial charge in [0.15, 0.2) is 5.96 Å². The number of hydrogen-bond donors (Lipinski definition) is 3. The maximum atomic E-state index is 11.8. The molecule has 1 aromatic rings. The van der Waals surface area contributed by atoms with E-state index in [9.17, 15) is 4.79 Å². The van der Waals surface area contributed by atoms with E-state index in [0.717, 1.165) is 12.2 Å². The number of aliphatic imine (C=N–C) groups is 1. The summed E-state index contributed by atoms with van der Waals surface area (Å²) >= 11 is 0. The molecule has 0 saturated carbocycles. The van der Waals surface area contributed by atoms with E-state index in [1.807, 2.05) is 39.0 Å². The van der Waals surface area contributed by atoms with E-state index >= 15 is 0 Å². The third-order valence-electron chi connectivity index (χ3n) is 2.99. The van der Waals surface area contributed by atoms with Crippen LogP contribution in [-0.4, -0.2) is 44.7 Å². The first-order chi connectivity index (χ1) is 10.8. The first-order valence-electron chi connectivity index (χ1n) is 7.72. The van der Waals surface area contributed by atoms with Crippen LogP contribution < -0.4 is 20.7 Å². The van der Waals surface area contributed by atoms with Gasteiger partial charge in [-0.1, -0.05) is 12.1 Å². The molecule has 0 aliphatic heterocycles. The highest BCUT2D eigenvalue weighted by atomic mass is 127. The number of nitrogens with one attached hydrogen (secondary N) is 3. The van der Waals surface area contributed by atoms with Crippen LogP contribution in [0.1, 0.15) is 26.3 Å². The molecule has 0 atom stereocenters. The van der Waals surface area contributed by atoms with Crippen LogP contribution in [0.2, 0.25) is 0 Å². The summed E-state index contributed by atoms with van der Waals surface area (Å²) in [6.45, 7) is 6.76. The van der Waals surface area contributed by atoms with Crippen LogP contribution in [0.15, 0.2) is 29.3 Å². The van der Waals surface area contributed by atoms with Gasteiger partial charge in [-0.05, 0) is 44.9 Å². The van der Waals surface area contributed by atoms with Crippen molar-refractivity contribution in [2.45, 2.75) is 32.7 Å². The molecular weight excluding hydrogens is 419 g/mol. The molecule has 0 unspecified atom stereocenters. The Morgan fingerprint density at radius 2 is 1.96 bits per heavy atom. The van der Waals surface area contributed by atoms with Gasteiger partial charge in [0.2, 0.25) is 5.91 Å². The minimum absolute atomic E-state index is 0. The molecule has 136 valence electrons. The van der Waals surface area contributed by atoms with Crippen molar-refractivity contribution in [1.82, 2.24) is 16.0 Å². The Labute approximate surface area is 161 Å². The third-order valence-corrected chi connectivity index (χ3v) is 2.99. The lowest BCUT2D eigenvalue weighted by atomic mass is 10.1. The predicted molar refractivity (Wildman–Crippen MR) is 109 cm³/mol. The second-order valence-corrected chi connectivity index (χ2v) is 6.25. The molecule has 0 fully saturated rings. The molecule has 0 aliphatic rings. The minimum atomic E-state index is -0.234. The van der Waals surface area contributed by atoms with Gasteiger partial charge < -0.3 is 20.7 Å². The van der Waals surface area contributed by atoms with Crippen molar-refractivity contribution in [3.8, 4) is 5.75 Å². The van der Waals surface area contributed by atoms with Crippen molar-refractivity contribution in [3.05, 3.63) is 29.8 Å². The predicted octanol–water partition coefficient (Wildman–Crippen LogP) is 1.94. The second-order valence-electron chi connectivity index (χ2n) is 6.25. The number of guanidine groups is 1. The number of carbonyl (C=O) groups excluding carboxylic acids is 1. The van der Waals surface area contributed by atoms with Gasteiger partial charge in [-0.3, -0.25) is 9.79 Å². The summed E-state index contributed by atoms with van der Waals surface area (Å²) in [6.07, 6.45) is 0.839. The summed E-state index contributed by atoms with van der Waals surface area (Å²) < 4.78 is 5.21. The highest BCUT2D eigenvalue weighted by Crippen LogP contribution is 2.12. The van der Waals surface area contributed by atoms with Crippen molar-refractivity contribution in [2.75, 3.05) is 27.2 Å². The number of hydrogen-bond acceptors (Lipinski definition) is 3. The van der Waals surface area contributed by atoms with Crippen LogP contribution in [-0.2, 0) is 11.2 Å². The van der Waals surface area contributed by atoms with Crippen LogP contribution in [0.25, 0.3) is 0 Å². The lowest BCUT2D eigenvalue weighted by molar-refractivity contribution is -0.121. The first kappa shape index (κ1) is 22.5. The van der Waals surface area contributed by atoms with E-state index in [-0.39, 0.29) is 42.0 Å². The smallest absolute Gasteiger partial charge is 0.239 e. The lowest BCUT2D eigenvalue weighted by Gasteiger charge is -2.21. The molecule has 0 heterocycles. The SMILES string of the molecule is CN=C(NCCc1cccc(OC)c1)NCC(=O)NC(C)(C)C.I. The zero-order valence-electron chi connectivity index (χ0n) is 15.1. The van der Waals surface area contributed by atoms with Crippen molar-refractivity contribution < 1.29 is 9.53 Å². The lowest BCUT2D eigenvalue weighted by Crippen LogP contribution is -2.48. The zero-order valence-corrected chi connectivity index (χ0v) is 17.4. The molecule has 1 aromatic carbocycles. The summed E-state index contributed by atoms with van der Waals surface area (Å²) in [5, 5.41) is 9.09. The number of nitrogens with zero attached hydrogens (tertiary/aromatic N) is 1. The second kappa shape index (κ2) is 11.1. The molecule has 1 rings (SSSR count). The van der Waals surface area contributed by atoms with Gasteiger partial charge in [0, 0.05) is 19.1 Å². The number of carbonyl (C=O) groups is 1. The Hall–Kier alpha value is -1.51. The molecule has 0 aromatic heterocycles. The van der Waals surface area contributed by atoms with Crippen molar-refractivity contribution in [1.29, 1.82) is 0 Å². The highest BCUT2D eigenvalue weighted by Gasteiger charge is 2.13. The number of methoxy groups -OCH3 is 1. The van der Waals surface area contributed by atoms with Gasteiger partial charge >= 0.3 is 0 Å². The van der Waals surface area contributed by atoms with E-state index in [0.29, 0.717) is 12.5 Å². The number of rotatable bonds is 6. The number of benzene rings is 1. The van der Waals surface area contributed by atoms with E-state index in [1.165, 1.54) is 5.56 Å². The monoisotopic (exact) mass is 448 g/mol. The molecule has 3 N–H and O–H groups in total. The molecule has 6 nitrogen and oxygen atoms in total. The van der Waals surface area contributed by atoms with Crippen molar-refractivity contribution in [3.63, 3.8) is 0 Å². The Kier molecular flexibility index (Phi) is 10.4. The molecule has 0 spiro atoms. The number of halogens is 1. The topological polar surface area (TPSA) is 74.8 Å². The fraction of sp³-hybridized carbons (Fsp3) is 0.529. The van der Waals surface area contributed by atoms with Crippen LogP contribution >= 0.6 is 24.0 Å². The Bertz CT molecular complexity index is 542. The quantitative estimate of drug-likeness (QED) is 0.353. The first-order valence-corrected chi connectivity index (χ1v) is 7.72. The molecule has 24 heavy (non-hydrogen) atoms. The average molecular weight is 448 g/mol. The third kappa shape index (κ3) is 9.59. The van der Waals surface area contributed by atoms with Gasteiger partial charge in [-0.15, -0.1) is 24.0 Å². The fourth-order valence-electron chi connectivity index (χ4n) is 2.00. The number of amides is 1. The van der Waals surface area contributed by atoms with Gasteiger partial charge in [0.05, 0.1) is 13.7 Å². The number of ether oxygens (including phenoxy) is 1. The molecule has 1 amide bonds. The van der Waals surface area contributed by atoms with Crippen LogP contribution in [0.3, 0.4) is 0 Å². The summed E-state index contributed by atoms with van der Waals surface area (Å²) in [6, 6.07) is 7.95. The van der Waals surface area contributed by atoms with Gasteiger partial charge in [0.25, 0.3) is 0 Å². The van der Waals surface area contributed by atoms with E-state index in [1.54, 1.807) is 14.2 Å². The minimum Gasteiger partial charge on any atom is -0.497 e. The maximum Gasteiger partial charge on any atom is 0.239 e. The van der Waals surface area contributed by atoms with Crippen molar-refractivity contribution >= 4 is 35.8 Å². The normalized spacial score (nSPS) is 11.3. The molecule has 7 heteroatoms.